The van der Waals surface area contributed by atoms with Crippen LogP contribution in [0.1, 0.15) is 5.56 Å². The van der Waals surface area contributed by atoms with E-state index in [1.807, 2.05) is 48.2 Å². The molecule has 3 aromatic rings. The van der Waals surface area contributed by atoms with Gasteiger partial charge in [-0.2, -0.15) is 0 Å². The first-order valence-corrected chi connectivity index (χ1v) is 11.7. The Labute approximate surface area is 174 Å². The largest absolute Gasteiger partial charge is 0.349 e. The number of pyridine rings is 1. The average molecular weight is 419 g/mol. The molecule has 1 aromatic heterocycles. The second-order valence-corrected chi connectivity index (χ2v) is 9.94. The third-order valence-electron chi connectivity index (χ3n) is 5.08. The van der Waals surface area contributed by atoms with Crippen molar-refractivity contribution < 1.29 is 8.42 Å². The van der Waals surface area contributed by atoms with E-state index in [2.05, 4.69) is 34.4 Å². The monoisotopic (exact) mass is 418 g/mol. The lowest BCUT2D eigenvalue weighted by Gasteiger charge is -2.21. The summed E-state index contributed by atoms with van der Waals surface area (Å²) in [5, 5.41) is 1.50. The number of aromatic nitrogens is 1. The highest BCUT2D eigenvalue weighted by atomic mass is 32.2. The molecule has 2 aromatic carbocycles. The van der Waals surface area contributed by atoms with Crippen molar-refractivity contribution in [1.29, 1.82) is 0 Å². The smallest absolute Gasteiger partial charge is 0.208 e. The van der Waals surface area contributed by atoms with Crippen LogP contribution in [0.2, 0.25) is 0 Å². The van der Waals surface area contributed by atoms with Gasteiger partial charge in [-0.05, 0) is 29.3 Å². The van der Waals surface area contributed by atoms with E-state index in [4.69, 9.17) is 0 Å². The minimum Gasteiger partial charge on any atom is -0.349 e. The van der Waals surface area contributed by atoms with Gasteiger partial charge in [0.05, 0.1) is 9.79 Å². The molecule has 0 aliphatic carbocycles. The number of allylic oxidation sites excluding steroid dienone is 2. The topological polar surface area (TPSA) is 50.3 Å². The first-order valence-electron chi connectivity index (χ1n) is 9.27. The fraction of sp³-hybridized carbons (Fsp3) is 0.0870. The molecule has 0 saturated carbocycles. The molecule has 2 aliphatic heterocycles. The summed E-state index contributed by atoms with van der Waals surface area (Å²) in [5.74, 6) is 1.02. The number of hydrogen-bond donors (Lipinski definition) is 0. The lowest BCUT2D eigenvalue weighted by molar-refractivity contribution is 0.496. The van der Waals surface area contributed by atoms with Crippen LogP contribution in [0.4, 0.5) is 0 Å². The molecule has 0 saturated heterocycles. The lowest BCUT2D eigenvalue weighted by Crippen LogP contribution is -2.12. The third kappa shape index (κ3) is 3.39. The van der Waals surface area contributed by atoms with E-state index in [1.165, 1.54) is 16.7 Å². The minimum atomic E-state index is -3.64. The molecule has 3 heterocycles. The van der Waals surface area contributed by atoms with Crippen molar-refractivity contribution in [3.63, 3.8) is 0 Å². The average Bonchev–Trinajstić information content (AvgIpc) is 3.21. The maximum atomic E-state index is 13.2. The summed E-state index contributed by atoms with van der Waals surface area (Å²) in [4.78, 5) is 8.06. The molecule has 144 valence electrons. The number of fused-ring (bicyclic) bond motifs is 2. The zero-order valence-corrected chi connectivity index (χ0v) is 17.2. The van der Waals surface area contributed by atoms with E-state index in [0.29, 0.717) is 11.9 Å². The van der Waals surface area contributed by atoms with Crippen LogP contribution in [0.15, 0.2) is 106 Å². The van der Waals surface area contributed by atoms with E-state index < -0.39 is 9.84 Å². The second kappa shape index (κ2) is 7.21. The number of hydrogen-bond acceptors (Lipinski definition) is 5. The molecular formula is C23H18N2O2S2. The molecule has 4 nitrogen and oxygen atoms in total. The number of thioether (sulfide) groups is 1. The van der Waals surface area contributed by atoms with Crippen LogP contribution in [-0.4, -0.2) is 24.1 Å². The SMILES string of the molecule is O=S(=O)(c1ccc(CN2C=CC3=CCSC3=C2)cc1)c1cncc2ccccc12. The van der Waals surface area contributed by atoms with Gasteiger partial charge in [0.1, 0.15) is 0 Å². The van der Waals surface area contributed by atoms with Gasteiger partial charge >= 0.3 is 0 Å². The molecule has 0 fully saturated rings. The Hall–Kier alpha value is -2.83. The van der Waals surface area contributed by atoms with Crippen molar-refractivity contribution in [2.45, 2.75) is 16.3 Å². The van der Waals surface area contributed by atoms with Gasteiger partial charge in [-0.1, -0.05) is 42.5 Å². The van der Waals surface area contributed by atoms with Crippen LogP contribution in [0.25, 0.3) is 10.8 Å². The Kier molecular flexibility index (Phi) is 4.53. The third-order valence-corrected chi connectivity index (χ3v) is 7.86. The van der Waals surface area contributed by atoms with Gasteiger partial charge in [0, 0.05) is 52.8 Å². The van der Waals surface area contributed by atoms with Gasteiger partial charge in [-0.3, -0.25) is 4.98 Å². The van der Waals surface area contributed by atoms with Gasteiger partial charge in [0.15, 0.2) is 0 Å². The summed E-state index contributed by atoms with van der Waals surface area (Å²) in [7, 11) is -3.64. The molecule has 0 N–H and O–H groups in total. The van der Waals surface area contributed by atoms with Crippen molar-refractivity contribution in [2.75, 3.05) is 5.75 Å². The summed E-state index contributed by atoms with van der Waals surface area (Å²) < 4.78 is 26.4. The predicted octanol–water partition coefficient (Wildman–Crippen LogP) is 4.91. The quantitative estimate of drug-likeness (QED) is 0.602. The molecular weight excluding hydrogens is 400 g/mol. The number of benzene rings is 2. The Balaban J connectivity index is 1.42. The van der Waals surface area contributed by atoms with E-state index >= 15 is 0 Å². The predicted molar refractivity (Wildman–Crippen MR) is 117 cm³/mol. The molecule has 0 unspecified atom stereocenters. The standard InChI is InChI=1S/C23H18N2O2S2/c26-29(27,23-14-24-13-19-3-1-2-4-21(19)23)20-7-5-17(6-8-20)15-25-11-9-18-10-12-28-22(18)16-25/h1-11,13-14,16H,12,15H2. The second-order valence-electron chi connectivity index (χ2n) is 6.96. The fourth-order valence-corrected chi connectivity index (χ4v) is 5.94. The van der Waals surface area contributed by atoms with Crippen LogP contribution in [0.5, 0.6) is 0 Å². The molecule has 0 spiro atoms. The first kappa shape index (κ1) is 18.2. The van der Waals surface area contributed by atoms with Crippen LogP contribution >= 0.6 is 11.8 Å². The highest BCUT2D eigenvalue weighted by molar-refractivity contribution is 8.03. The zero-order valence-electron chi connectivity index (χ0n) is 15.5. The Morgan fingerprint density at radius 2 is 1.86 bits per heavy atom. The van der Waals surface area contributed by atoms with Crippen LogP contribution in [-0.2, 0) is 16.4 Å². The zero-order chi connectivity index (χ0) is 19.8. The summed E-state index contributed by atoms with van der Waals surface area (Å²) in [6, 6.07) is 14.5. The summed E-state index contributed by atoms with van der Waals surface area (Å²) in [6.07, 6.45) is 11.7. The van der Waals surface area contributed by atoms with E-state index in [9.17, 15) is 8.42 Å². The number of sulfone groups is 1. The van der Waals surface area contributed by atoms with Gasteiger partial charge in [0.2, 0.25) is 9.84 Å². The Morgan fingerprint density at radius 3 is 2.72 bits per heavy atom. The van der Waals surface area contributed by atoms with E-state index in [0.717, 1.165) is 16.7 Å². The Morgan fingerprint density at radius 1 is 1.03 bits per heavy atom. The normalized spacial score (nSPS) is 15.9. The maximum Gasteiger partial charge on any atom is 0.208 e. The molecule has 0 amide bonds. The van der Waals surface area contributed by atoms with Crippen molar-refractivity contribution in [3.05, 3.63) is 102 Å². The number of nitrogens with zero attached hydrogens (tertiary/aromatic N) is 2. The van der Waals surface area contributed by atoms with Crippen molar-refractivity contribution in [2.24, 2.45) is 0 Å². The molecule has 0 atom stereocenters. The highest BCUT2D eigenvalue weighted by Crippen LogP contribution is 2.35. The summed E-state index contributed by atoms with van der Waals surface area (Å²) in [6.45, 7) is 0.698. The van der Waals surface area contributed by atoms with Crippen LogP contribution < -0.4 is 0 Å². The highest BCUT2D eigenvalue weighted by Gasteiger charge is 2.21. The molecule has 0 bridgehead atoms. The van der Waals surface area contributed by atoms with E-state index in [1.54, 1.807) is 18.3 Å². The van der Waals surface area contributed by atoms with Gasteiger partial charge in [-0.15, -0.1) is 11.8 Å². The molecule has 0 radical (unpaired) electrons. The van der Waals surface area contributed by atoms with Crippen molar-refractivity contribution in [1.82, 2.24) is 9.88 Å². The molecule has 5 rings (SSSR count). The lowest BCUT2D eigenvalue weighted by atomic mass is 10.1. The van der Waals surface area contributed by atoms with Gasteiger partial charge in [-0.25, -0.2) is 8.42 Å². The molecule has 2 aliphatic rings. The van der Waals surface area contributed by atoms with Gasteiger partial charge in [0.25, 0.3) is 0 Å². The maximum absolute atomic E-state index is 13.2. The summed E-state index contributed by atoms with van der Waals surface area (Å²) in [5.41, 5.74) is 2.34. The summed E-state index contributed by atoms with van der Waals surface area (Å²) >= 11 is 1.84. The molecule has 29 heavy (non-hydrogen) atoms. The van der Waals surface area contributed by atoms with Gasteiger partial charge < -0.3 is 4.90 Å². The van der Waals surface area contributed by atoms with Crippen molar-refractivity contribution >= 4 is 32.4 Å². The minimum absolute atomic E-state index is 0.240. The fourth-order valence-electron chi connectivity index (χ4n) is 3.55. The van der Waals surface area contributed by atoms with Crippen LogP contribution in [0, 0.1) is 0 Å². The van der Waals surface area contributed by atoms with Crippen molar-refractivity contribution in [3.8, 4) is 0 Å². The van der Waals surface area contributed by atoms with Crippen LogP contribution in [0.3, 0.4) is 0 Å². The van der Waals surface area contributed by atoms with E-state index in [-0.39, 0.29) is 9.79 Å². The number of rotatable bonds is 4. The molecule has 6 heteroatoms. The Bertz CT molecular complexity index is 1280. The first-order chi connectivity index (χ1) is 14.1.